The molecule has 2 saturated heterocycles. The van der Waals surface area contributed by atoms with Crippen LogP contribution in [0.5, 0.6) is 0 Å². The lowest BCUT2D eigenvalue weighted by molar-refractivity contribution is 0.0712. The van der Waals surface area contributed by atoms with E-state index in [2.05, 4.69) is 15.5 Å². The second-order valence-electron chi connectivity index (χ2n) is 5.07. The first-order chi connectivity index (χ1) is 8.83. The average molecular weight is 242 g/mol. The van der Waals surface area contributed by atoms with Crippen molar-refractivity contribution in [3.63, 3.8) is 0 Å². The fourth-order valence-corrected chi connectivity index (χ4v) is 3.07. The van der Waals surface area contributed by atoms with Crippen LogP contribution in [0.4, 0.5) is 0 Å². The van der Waals surface area contributed by atoms with Crippen molar-refractivity contribution in [3.8, 4) is 0 Å². The van der Waals surface area contributed by atoms with Gasteiger partial charge in [0, 0.05) is 30.6 Å². The minimum Gasteiger partial charge on any atom is -0.331 e. The summed E-state index contributed by atoms with van der Waals surface area (Å²) < 4.78 is 0. The first-order valence-electron chi connectivity index (χ1n) is 6.30. The van der Waals surface area contributed by atoms with E-state index in [0.29, 0.717) is 17.8 Å². The maximum atomic E-state index is 12.5. The molecule has 0 aliphatic carbocycles. The number of nitrogens with one attached hydrogen (secondary N) is 2. The van der Waals surface area contributed by atoms with Crippen LogP contribution in [0.1, 0.15) is 16.9 Å². The lowest BCUT2D eigenvalue weighted by atomic mass is 10.2. The number of carbonyl (C=O) groups excluding carboxylic acids is 1. The molecule has 5 nitrogen and oxygen atoms in total. The molecule has 1 aromatic carbocycles. The molecule has 0 unspecified atom stereocenters. The predicted octanol–water partition coefficient (Wildman–Crippen LogP) is 0.749. The maximum Gasteiger partial charge on any atom is 0.275 e. The van der Waals surface area contributed by atoms with Gasteiger partial charge in [0.15, 0.2) is 5.69 Å². The van der Waals surface area contributed by atoms with Crippen molar-refractivity contribution in [3.05, 3.63) is 30.0 Å². The number of H-pyrrole nitrogens is 1. The Morgan fingerprint density at radius 2 is 2.28 bits per heavy atom. The van der Waals surface area contributed by atoms with E-state index in [1.165, 1.54) is 0 Å². The number of piperazine rings is 1. The number of benzene rings is 1. The summed E-state index contributed by atoms with van der Waals surface area (Å²) >= 11 is 0. The Bertz CT molecular complexity index is 620. The summed E-state index contributed by atoms with van der Waals surface area (Å²) in [6.07, 6.45) is 1.08. The highest BCUT2D eigenvalue weighted by atomic mass is 16.2. The molecule has 0 spiro atoms. The zero-order valence-electron chi connectivity index (χ0n) is 9.89. The molecule has 2 aliphatic heterocycles. The quantitative estimate of drug-likeness (QED) is 0.775. The lowest BCUT2D eigenvalue weighted by Gasteiger charge is -2.26. The van der Waals surface area contributed by atoms with E-state index < -0.39 is 0 Å². The number of aromatic nitrogens is 2. The van der Waals surface area contributed by atoms with Gasteiger partial charge in [-0.05, 0) is 12.5 Å². The number of carbonyl (C=O) groups is 1. The number of amides is 1. The van der Waals surface area contributed by atoms with Crippen molar-refractivity contribution in [2.45, 2.75) is 18.5 Å². The first-order valence-corrected chi connectivity index (χ1v) is 6.30. The smallest absolute Gasteiger partial charge is 0.275 e. The Hall–Kier alpha value is -1.88. The number of rotatable bonds is 1. The SMILES string of the molecule is O=C(c1n[nH]c2ccccc12)N1C[C@@H]2C[C@H]1CN2. The summed E-state index contributed by atoms with van der Waals surface area (Å²) in [4.78, 5) is 14.5. The molecule has 0 saturated carbocycles. The molecule has 2 aromatic rings. The monoisotopic (exact) mass is 242 g/mol. The lowest BCUT2D eigenvalue weighted by Crippen LogP contribution is -2.46. The molecule has 2 bridgehead atoms. The minimum atomic E-state index is 0.0569. The van der Waals surface area contributed by atoms with Crippen LogP contribution in [0.3, 0.4) is 0 Å². The Labute approximate surface area is 104 Å². The fraction of sp³-hybridized carbons (Fsp3) is 0.385. The van der Waals surface area contributed by atoms with Gasteiger partial charge in [-0.15, -0.1) is 0 Å². The average Bonchev–Trinajstić information content (AvgIpc) is 3.12. The van der Waals surface area contributed by atoms with E-state index in [1.54, 1.807) is 0 Å². The van der Waals surface area contributed by atoms with Gasteiger partial charge < -0.3 is 10.2 Å². The molecular formula is C13H14N4O. The third-order valence-electron chi connectivity index (χ3n) is 3.99. The van der Waals surface area contributed by atoms with Gasteiger partial charge >= 0.3 is 0 Å². The van der Waals surface area contributed by atoms with Crippen LogP contribution >= 0.6 is 0 Å². The van der Waals surface area contributed by atoms with Crippen LogP contribution in [0.15, 0.2) is 24.3 Å². The molecule has 2 N–H and O–H groups in total. The zero-order valence-corrected chi connectivity index (χ0v) is 9.89. The molecule has 3 heterocycles. The highest BCUT2D eigenvalue weighted by Gasteiger charge is 2.41. The molecule has 5 heteroatoms. The largest absolute Gasteiger partial charge is 0.331 e. The maximum absolute atomic E-state index is 12.5. The summed E-state index contributed by atoms with van der Waals surface area (Å²) in [5, 5.41) is 11.4. The second kappa shape index (κ2) is 3.55. The predicted molar refractivity (Wildman–Crippen MR) is 67.3 cm³/mol. The number of para-hydroxylation sites is 1. The number of hydrogen-bond donors (Lipinski definition) is 2. The van der Waals surface area contributed by atoms with Gasteiger partial charge in [-0.1, -0.05) is 18.2 Å². The molecule has 1 aromatic heterocycles. The van der Waals surface area contributed by atoms with Crippen molar-refractivity contribution < 1.29 is 4.79 Å². The number of aromatic amines is 1. The summed E-state index contributed by atoms with van der Waals surface area (Å²) in [5.74, 6) is 0.0569. The van der Waals surface area contributed by atoms with Gasteiger partial charge in [0.05, 0.1) is 5.52 Å². The molecule has 2 aliphatic rings. The molecule has 4 rings (SSSR count). The van der Waals surface area contributed by atoms with Gasteiger partial charge in [-0.25, -0.2) is 0 Å². The summed E-state index contributed by atoms with van der Waals surface area (Å²) in [6, 6.07) is 8.58. The summed E-state index contributed by atoms with van der Waals surface area (Å²) in [7, 11) is 0. The number of fused-ring (bicyclic) bond motifs is 3. The Morgan fingerprint density at radius 1 is 1.39 bits per heavy atom. The summed E-state index contributed by atoms with van der Waals surface area (Å²) in [5.41, 5.74) is 1.47. The Morgan fingerprint density at radius 3 is 3.06 bits per heavy atom. The molecule has 18 heavy (non-hydrogen) atoms. The molecule has 92 valence electrons. The van der Waals surface area contributed by atoms with Crippen molar-refractivity contribution >= 4 is 16.8 Å². The Balaban J connectivity index is 1.72. The van der Waals surface area contributed by atoms with E-state index in [1.807, 2.05) is 29.2 Å². The normalized spacial score (nSPS) is 26.1. The summed E-state index contributed by atoms with van der Waals surface area (Å²) in [6.45, 7) is 1.73. The third-order valence-corrected chi connectivity index (χ3v) is 3.99. The van der Waals surface area contributed by atoms with Gasteiger partial charge in [0.1, 0.15) is 0 Å². The van der Waals surface area contributed by atoms with E-state index in [0.717, 1.165) is 30.4 Å². The minimum absolute atomic E-state index is 0.0569. The van der Waals surface area contributed by atoms with E-state index in [4.69, 9.17) is 0 Å². The van der Waals surface area contributed by atoms with E-state index >= 15 is 0 Å². The van der Waals surface area contributed by atoms with Gasteiger partial charge in [0.2, 0.25) is 0 Å². The highest BCUT2D eigenvalue weighted by Crippen LogP contribution is 2.26. The first kappa shape index (κ1) is 10.1. The van der Waals surface area contributed by atoms with Crippen LogP contribution in [-0.4, -0.2) is 46.2 Å². The number of nitrogens with zero attached hydrogens (tertiary/aromatic N) is 2. The van der Waals surface area contributed by atoms with Crippen molar-refractivity contribution in [1.82, 2.24) is 20.4 Å². The number of likely N-dealkylation sites (tertiary alicyclic amines) is 1. The van der Waals surface area contributed by atoms with E-state index in [9.17, 15) is 4.79 Å². The van der Waals surface area contributed by atoms with Gasteiger partial charge in [-0.2, -0.15) is 5.10 Å². The molecule has 2 fully saturated rings. The van der Waals surface area contributed by atoms with Crippen molar-refractivity contribution in [1.29, 1.82) is 0 Å². The van der Waals surface area contributed by atoms with E-state index in [-0.39, 0.29) is 5.91 Å². The van der Waals surface area contributed by atoms with Crippen LogP contribution in [0, 0.1) is 0 Å². The molecule has 2 atom stereocenters. The molecular weight excluding hydrogens is 228 g/mol. The number of hydrogen-bond acceptors (Lipinski definition) is 3. The zero-order chi connectivity index (χ0) is 12.1. The molecule has 0 radical (unpaired) electrons. The molecule has 1 amide bonds. The van der Waals surface area contributed by atoms with Crippen LogP contribution < -0.4 is 5.32 Å². The second-order valence-corrected chi connectivity index (χ2v) is 5.07. The Kier molecular flexibility index (Phi) is 1.99. The van der Waals surface area contributed by atoms with Gasteiger partial charge in [-0.3, -0.25) is 9.89 Å². The van der Waals surface area contributed by atoms with Gasteiger partial charge in [0.25, 0.3) is 5.91 Å². The third kappa shape index (κ3) is 1.31. The van der Waals surface area contributed by atoms with Crippen LogP contribution in [0.25, 0.3) is 10.9 Å². The van der Waals surface area contributed by atoms with Crippen LogP contribution in [-0.2, 0) is 0 Å². The topological polar surface area (TPSA) is 61.0 Å². The highest BCUT2D eigenvalue weighted by molar-refractivity contribution is 6.04. The fourth-order valence-electron chi connectivity index (χ4n) is 3.07. The van der Waals surface area contributed by atoms with Crippen molar-refractivity contribution in [2.24, 2.45) is 0 Å². The standard InChI is InChI=1S/C13H14N4O/c18-13(17-7-8-5-9(17)6-14-8)12-10-3-1-2-4-11(10)15-16-12/h1-4,8-9,14H,5-7H2,(H,15,16)/t8-,9-/m0/s1. The van der Waals surface area contributed by atoms with Crippen molar-refractivity contribution in [2.75, 3.05) is 13.1 Å². The van der Waals surface area contributed by atoms with Crippen LogP contribution in [0.2, 0.25) is 0 Å².